The first-order chi connectivity index (χ1) is 15.5. The topological polar surface area (TPSA) is 38.8 Å². The number of benzene rings is 3. The van der Waals surface area contributed by atoms with Gasteiger partial charge in [0, 0.05) is 5.56 Å². The van der Waals surface area contributed by atoms with Gasteiger partial charge in [-0.15, -0.1) is 0 Å². The van der Waals surface area contributed by atoms with Crippen LogP contribution < -0.4 is 14.4 Å². The number of thioether (sulfide) groups is 1. The van der Waals surface area contributed by atoms with Gasteiger partial charge in [-0.2, -0.15) is 0 Å². The Labute approximate surface area is 195 Å². The van der Waals surface area contributed by atoms with E-state index in [0.717, 1.165) is 16.8 Å². The van der Waals surface area contributed by atoms with Gasteiger partial charge in [-0.3, -0.25) is 9.69 Å². The molecule has 0 atom stereocenters. The quantitative estimate of drug-likeness (QED) is 0.324. The van der Waals surface area contributed by atoms with Crippen LogP contribution in [0.2, 0.25) is 0 Å². The zero-order valence-electron chi connectivity index (χ0n) is 17.5. The maximum atomic E-state index is 13.8. The number of aryl methyl sites for hydroxylation is 1. The Hall–Kier alpha value is -3.16. The van der Waals surface area contributed by atoms with Crippen LogP contribution in [0.15, 0.2) is 71.6 Å². The van der Waals surface area contributed by atoms with Crippen molar-refractivity contribution in [3.63, 3.8) is 0 Å². The van der Waals surface area contributed by atoms with Gasteiger partial charge in [0.1, 0.15) is 12.4 Å². The van der Waals surface area contributed by atoms with Gasteiger partial charge in [0.2, 0.25) is 0 Å². The summed E-state index contributed by atoms with van der Waals surface area (Å²) >= 11 is 6.71. The Morgan fingerprint density at radius 3 is 2.62 bits per heavy atom. The van der Waals surface area contributed by atoms with Crippen molar-refractivity contribution >= 4 is 46.0 Å². The summed E-state index contributed by atoms with van der Waals surface area (Å²) in [5.74, 6) is 0.493. The number of nitrogens with zero attached hydrogens (tertiary/aromatic N) is 1. The van der Waals surface area contributed by atoms with E-state index in [2.05, 4.69) is 0 Å². The fourth-order valence-electron chi connectivity index (χ4n) is 3.27. The SMILES string of the molecule is COc1cc(/C=C2\SC(=S)N(c3cccc(C)c3)C2=O)ccc1OCc1ccccc1F. The maximum Gasteiger partial charge on any atom is 0.270 e. The Kier molecular flexibility index (Phi) is 6.58. The van der Waals surface area contributed by atoms with Crippen molar-refractivity contribution in [3.8, 4) is 11.5 Å². The lowest BCUT2D eigenvalue weighted by Crippen LogP contribution is -2.27. The van der Waals surface area contributed by atoms with Crippen LogP contribution in [0.25, 0.3) is 6.08 Å². The molecule has 0 N–H and O–H groups in total. The Bertz CT molecular complexity index is 1230. The number of carbonyl (C=O) groups excluding carboxylic acids is 1. The molecule has 0 spiro atoms. The monoisotopic (exact) mass is 465 g/mol. The zero-order chi connectivity index (χ0) is 22.7. The van der Waals surface area contributed by atoms with Crippen LogP contribution in [0, 0.1) is 12.7 Å². The second kappa shape index (κ2) is 9.54. The van der Waals surface area contributed by atoms with Crippen molar-refractivity contribution in [3.05, 3.63) is 94.1 Å². The van der Waals surface area contributed by atoms with E-state index in [-0.39, 0.29) is 18.3 Å². The third kappa shape index (κ3) is 4.69. The van der Waals surface area contributed by atoms with Gasteiger partial charge in [0.05, 0.1) is 17.7 Å². The highest BCUT2D eigenvalue weighted by Crippen LogP contribution is 2.37. The molecule has 3 aromatic rings. The molecular weight excluding hydrogens is 445 g/mol. The lowest BCUT2D eigenvalue weighted by Gasteiger charge is -2.14. The highest BCUT2D eigenvalue weighted by molar-refractivity contribution is 8.27. The molecule has 1 heterocycles. The van der Waals surface area contributed by atoms with Crippen LogP contribution in [0.3, 0.4) is 0 Å². The number of ether oxygens (including phenoxy) is 2. The average Bonchev–Trinajstić information content (AvgIpc) is 3.06. The van der Waals surface area contributed by atoms with Crippen molar-refractivity contribution in [1.29, 1.82) is 0 Å². The summed E-state index contributed by atoms with van der Waals surface area (Å²) in [7, 11) is 1.53. The van der Waals surface area contributed by atoms with E-state index in [1.165, 1.54) is 24.9 Å². The van der Waals surface area contributed by atoms with Crippen LogP contribution in [0.1, 0.15) is 16.7 Å². The van der Waals surface area contributed by atoms with Gasteiger partial charge >= 0.3 is 0 Å². The molecule has 0 aromatic heterocycles. The molecule has 0 unspecified atom stereocenters. The van der Waals surface area contributed by atoms with Crippen molar-refractivity contribution in [2.75, 3.05) is 12.0 Å². The molecule has 0 aliphatic carbocycles. The van der Waals surface area contributed by atoms with Crippen molar-refractivity contribution in [2.24, 2.45) is 0 Å². The predicted molar refractivity (Wildman–Crippen MR) is 131 cm³/mol. The number of hydrogen-bond donors (Lipinski definition) is 0. The van der Waals surface area contributed by atoms with Crippen molar-refractivity contribution in [2.45, 2.75) is 13.5 Å². The lowest BCUT2D eigenvalue weighted by molar-refractivity contribution is -0.113. The molecule has 1 aliphatic rings. The highest BCUT2D eigenvalue weighted by Gasteiger charge is 2.33. The molecular formula is C25H20FNO3S2. The smallest absolute Gasteiger partial charge is 0.270 e. The third-order valence-electron chi connectivity index (χ3n) is 4.88. The second-order valence-electron chi connectivity index (χ2n) is 7.15. The van der Waals surface area contributed by atoms with Gasteiger partial charge < -0.3 is 9.47 Å². The summed E-state index contributed by atoms with van der Waals surface area (Å²) in [6.07, 6.45) is 1.78. The molecule has 4 nitrogen and oxygen atoms in total. The third-order valence-corrected chi connectivity index (χ3v) is 6.18. The summed E-state index contributed by atoms with van der Waals surface area (Å²) < 4.78 is 25.5. The molecule has 0 saturated carbocycles. The number of halogens is 1. The van der Waals surface area contributed by atoms with Crippen LogP contribution in [-0.2, 0) is 11.4 Å². The van der Waals surface area contributed by atoms with Crippen LogP contribution in [0.5, 0.6) is 11.5 Å². The Balaban J connectivity index is 1.54. The molecule has 1 saturated heterocycles. The molecule has 0 radical (unpaired) electrons. The van der Waals surface area contributed by atoms with Gasteiger partial charge in [0.15, 0.2) is 15.8 Å². The summed E-state index contributed by atoms with van der Waals surface area (Å²) in [6.45, 7) is 2.05. The van der Waals surface area contributed by atoms with Crippen LogP contribution in [0.4, 0.5) is 10.1 Å². The Morgan fingerprint density at radius 2 is 1.88 bits per heavy atom. The summed E-state index contributed by atoms with van der Waals surface area (Å²) in [5.41, 5.74) is 3.03. The molecule has 32 heavy (non-hydrogen) atoms. The van der Waals surface area contributed by atoms with E-state index < -0.39 is 0 Å². The minimum Gasteiger partial charge on any atom is -0.493 e. The molecule has 1 aliphatic heterocycles. The predicted octanol–water partition coefficient (Wildman–Crippen LogP) is 6.13. The first-order valence-corrected chi connectivity index (χ1v) is 11.1. The van der Waals surface area contributed by atoms with Crippen LogP contribution >= 0.6 is 24.0 Å². The number of anilines is 1. The normalized spacial score (nSPS) is 14.8. The van der Waals surface area contributed by atoms with E-state index >= 15 is 0 Å². The number of amides is 1. The fraction of sp³-hybridized carbons (Fsp3) is 0.120. The number of methoxy groups -OCH3 is 1. The number of carbonyl (C=O) groups is 1. The second-order valence-corrected chi connectivity index (χ2v) is 8.82. The van der Waals surface area contributed by atoms with E-state index in [1.807, 2.05) is 37.3 Å². The van der Waals surface area contributed by atoms with Gasteiger partial charge in [-0.05, 0) is 54.5 Å². The minimum absolute atomic E-state index is 0.0809. The first-order valence-electron chi connectivity index (χ1n) is 9.85. The molecule has 7 heteroatoms. The lowest BCUT2D eigenvalue weighted by atomic mass is 10.1. The summed E-state index contributed by atoms with van der Waals surface area (Å²) in [5, 5.41) is 0. The standard InChI is InChI=1S/C25H20FNO3S2/c1-16-6-5-8-19(12-16)27-24(28)23(32-25(27)31)14-17-10-11-21(22(13-17)29-2)30-15-18-7-3-4-9-20(18)26/h3-14H,15H2,1-2H3/b23-14-. The molecule has 4 rings (SSSR count). The highest BCUT2D eigenvalue weighted by atomic mass is 32.2. The van der Waals surface area contributed by atoms with E-state index in [1.54, 1.807) is 41.3 Å². The summed E-state index contributed by atoms with van der Waals surface area (Å²) in [6, 6.07) is 19.5. The molecule has 1 amide bonds. The average molecular weight is 466 g/mol. The largest absolute Gasteiger partial charge is 0.493 e. The van der Waals surface area contributed by atoms with Gasteiger partial charge in [0.25, 0.3) is 5.91 Å². The Morgan fingerprint density at radius 1 is 1.06 bits per heavy atom. The van der Waals surface area contributed by atoms with E-state index in [4.69, 9.17) is 21.7 Å². The van der Waals surface area contributed by atoms with Gasteiger partial charge in [-0.25, -0.2) is 4.39 Å². The van der Waals surface area contributed by atoms with Crippen molar-refractivity contribution in [1.82, 2.24) is 0 Å². The fourth-order valence-corrected chi connectivity index (χ4v) is 4.57. The number of rotatable bonds is 6. The number of thiocarbonyl (C=S) groups is 1. The summed E-state index contributed by atoms with van der Waals surface area (Å²) in [4.78, 5) is 15.1. The van der Waals surface area contributed by atoms with E-state index in [9.17, 15) is 9.18 Å². The van der Waals surface area contributed by atoms with Gasteiger partial charge in [-0.1, -0.05) is 60.4 Å². The first kappa shape index (κ1) is 22.0. The molecule has 0 bridgehead atoms. The van der Waals surface area contributed by atoms with E-state index in [0.29, 0.717) is 26.3 Å². The maximum absolute atomic E-state index is 13.8. The van der Waals surface area contributed by atoms with Crippen LogP contribution in [-0.4, -0.2) is 17.3 Å². The van der Waals surface area contributed by atoms with Crippen molar-refractivity contribution < 1.29 is 18.7 Å². The molecule has 162 valence electrons. The molecule has 1 fully saturated rings. The minimum atomic E-state index is -0.321. The number of hydrogen-bond acceptors (Lipinski definition) is 5. The molecule has 3 aromatic carbocycles. The zero-order valence-corrected chi connectivity index (χ0v) is 19.1.